The first-order chi connectivity index (χ1) is 23.6. The van der Waals surface area contributed by atoms with Crippen LogP contribution in [-0.4, -0.2) is 0 Å². The molecule has 0 saturated heterocycles. The van der Waals surface area contributed by atoms with Gasteiger partial charge in [-0.15, -0.1) is 0 Å². The van der Waals surface area contributed by atoms with Crippen LogP contribution < -0.4 is 0 Å². The maximum Gasteiger partial charge on any atom is -0.0310 e. The van der Waals surface area contributed by atoms with Crippen molar-refractivity contribution in [2.24, 2.45) is 88.7 Å². The molecule has 0 N–H and O–H groups in total. The van der Waals surface area contributed by atoms with Crippen molar-refractivity contribution >= 4 is 0 Å². The summed E-state index contributed by atoms with van der Waals surface area (Å²) in [7, 11) is 0. The van der Waals surface area contributed by atoms with Gasteiger partial charge in [0, 0.05) is 0 Å². The van der Waals surface area contributed by atoms with Crippen LogP contribution in [0.15, 0.2) is 0 Å². The molecule has 0 heteroatoms. The van der Waals surface area contributed by atoms with Crippen LogP contribution in [0.4, 0.5) is 0 Å². The van der Waals surface area contributed by atoms with Crippen molar-refractivity contribution in [3.05, 3.63) is 0 Å². The van der Waals surface area contributed by atoms with E-state index in [-0.39, 0.29) is 7.43 Å². The maximum atomic E-state index is 2.55. The first-order valence-electron chi connectivity index (χ1n) is 23.6. The second-order valence-corrected chi connectivity index (χ2v) is 29.8. The molecule has 16 rings (SSSR count). The summed E-state index contributed by atoms with van der Waals surface area (Å²) in [6, 6.07) is 0. The minimum absolute atomic E-state index is 0. The minimum atomic E-state index is 0. The van der Waals surface area contributed by atoms with Crippen LogP contribution in [0.3, 0.4) is 0 Å². The first kappa shape index (κ1) is 39.8. The third kappa shape index (κ3) is 7.46. The van der Waals surface area contributed by atoms with E-state index in [1.54, 1.807) is 32.1 Å². The molecule has 53 heavy (non-hydrogen) atoms. The van der Waals surface area contributed by atoms with Crippen molar-refractivity contribution in [1.29, 1.82) is 0 Å². The first-order valence-corrected chi connectivity index (χ1v) is 23.6. The molecule has 0 aromatic heterocycles. The summed E-state index contributed by atoms with van der Waals surface area (Å²) in [6.07, 6.45) is 36.7. The van der Waals surface area contributed by atoms with Crippen LogP contribution in [0.1, 0.15) is 245 Å². The van der Waals surface area contributed by atoms with E-state index >= 15 is 0 Å². The van der Waals surface area contributed by atoms with E-state index in [0.29, 0.717) is 21.7 Å². The summed E-state index contributed by atoms with van der Waals surface area (Å²) in [5.74, 6) is 4.38. The van der Waals surface area contributed by atoms with Gasteiger partial charge < -0.3 is 0 Å². The molecule has 0 spiro atoms. The summed E-state index contributed by atoms with van der Waals surface area (Å²) in [5.41, 5.74) is 8.63. The molecule has 0 aliphatic heterocycles. The number of hydrogen-bond acceptors (Lipinski definition) is 0. The molecule has 16 fully saturated rings. The van der Waals surface area contributed by atoms with Gasteiger partial charge in [0.2, 0.25) is 0 Å². The second kappa shape index (κ2) is 11.6. The molecule has 16 aliphatic rings. The van der Waals surface area contributed by atoms with Gasteiger partial charge in [0.05, 0.1) is 0 Å². The Bertz CT molecular complexity index is 1160. The minimum Gasteiger partial charge on any atom is -0.0776 e. The van der Waals surface area contributed by atoms with Crippen LogP contribution in [0.5, 0.6) is 0 Å². The van der Waals surface area contributed by atoms with Crippen LogP contribution >= 0.6 is 0 Å². The zero-order valence-electron chi connectivity index (χ0n) is 37.3. The molecule has 0 heterocycles. The predicted molar refractivity (Wildman–Crippen MR) is 229 cm³/mol. The molecule has 0 radical (unpaired) electrons. The van der Waals surface area contributed by atoms with E-state index in [1.807, 2.05) is 0 Å². The lowest BCUT2D eigenvalue weighted by Crippen LogP contribution is -2.57. The molecule has 0 nitrogen and oxygen atoms in total. The molecular formula is C53H92. The SMILES string of the molecule is C.CC12CC3(C)CC(C)(C1)CC(C)(C2)C3.CC12CC3CC(C)(C1)CC(C)(C3)C2.CC12CC3CC(C)(C1)CC(C)(C3)C2.CC12CC3CC(C1)CC(C)(C3)C2. The van der Waals surface area contributed by atoms with E-state index in [1.165, 1.54) is 122 Å². The molecule has 304 valence electrons. The Balaban J connectivity index is 0.000000100. The van der Waals surface area contributed by atoms with Crippen molar-refractivity contribution in [1.82, 2.24) is 0 Å². The summed E-state index contributed by atoms with van der Waals surface area (Å²) in [5, 5.41) is 0. The standard InChI is InChI=1S/C14H24.2C13H22.C12H20.CH4/c1-11-5-12(2)8-13(3,6-11)10-14(4,7-11)9-12;2*1-11-4-10-5-12(2,7-11)9-13(3,6-10)8-11;1-11-4-9-3-10(5-11)7-12(2,6-9)8-11;/h5-10H2,1-4H3;2*10H,4-9H2,1-3H3;9-10H,3-8H2,1-2H3;1H4. The van der Waals surface area contributed by atoms with Crippen molar-refractivity contribution in [2.45, 2.75) is 245 Å². The lowest BCUT2D eigenvalue weighted by molar-refractivity contribution is -0.176. The molecule has 0 aromatic rings. The van der Waals surface area contributed by atoms with Gasteiger partial charge in [-0.2, -0.15) is 0 Å². The van der Waals surface area contributed by atoms with E-state index in [4.69, 9.17) is 0 Å². The Kier molecular flexibility index (Phi) is 8.71. The fraction of sp³-hybridized carbons (Fsp3) is 1.00. The van der Waals surface area contributed by atoms with Gasteiger partial charge >= 0.3 is 0 Å². The Morgan fingerprint density at radius 2 is 0.358 bits per heavy atom. The van der Waals surface area contributed by atoms with Gasteiger partial charge in [0.15, 0.2) is 0 Å². The van der Waals surface area contributed by atoms with Crippen molar-refractivity contribution in [3.8, 4) is 0 Å². The normalized spacial score (nSPS) is 63.2. The second-order valence-electron chi connectivity index (χ2n) is 29.8. The van der Waals surface area contributed by atoms with E-state index in [0.717, 1.165) is 67.0 Å². The highest BCUT2D eigenvalue weighted by atomic mass is 14.7. The zero-order valence-corrected chi connectivity index (χ0v) is 37.3. The van der Waals surface area contributed by atoms with Gasteiger partial charge in [-0.3, -0.25) is 0 Å². The van der Waals surface area contributed by atoms with Crippen LogP contribution in [0.2, 0.25) is 0 Å². The monoisotopic (exact) mass is 729 g/mol. The van der Waals surface area contributed by atoms with Crippen molar-refractivity contribution < 1.29 is 0 Å². The Labute approximate surface area is 332 Å². The largest absolute Gasteiger partial charge is 0.0776 e. The maximum absolute atomic E-state index is 2.55. The van der Waals surface area contributed by atoms with Gasteiger partial charge in [-0.05, 0) is 243 Å². The Morgan fingerprint density at radius 1 is 0.208 bits per heavy atom. The molecule has 0 aromatic carbocycles. The molecule has 0 unspecified atom stereocenters. The molecule has 16 saturated carbocycles. The van der Waals surface area contributed by atoms with Gasteiger partial charge in [0.1, 0.15) is 0 Å². The Hall–Kier alpha value is 0. The highest BCUT2D eigenvalue weighted by Gasteiger charge is 2.63. The summed E-state index contributed by atoms with van der Waals surface area (Å²) >= 11 is 0. The zero-order chi connectivity index (χ0) is 37.3. The Morgan fingerprint density at radius 3 is 0.528 bits per heavy atom. The topological polar surface area (TPSA) is 0 Å². The summed E-state index contributed by atoms with van der Waals surface area (Å²) < 4.78 is 0. The van der Waals surface area contributed by atoms with Crippen LogP contribution in [0, 0.1) is 88.7 Å². The highest BCUT2D eigenvalue weighted by Crippen LogP contribution is 2.74. The lowest BCUT2D eigenvalue weighted by atomic mass is 9.37. The summed E-state index contributed by atoms with van der Waals surface area (Å²) in [4.78, 5) is 0. The molecule has 0 amide bonds. The number of hydrogen-bond donors (Lipinski definition) is 0. The number of rotatable bonds is 0. The third-order valence-electron chi connectivity index (χ3n) is 19.6. The van der Waals surface area contributed by atoms with Gasteiger partial charge in [-0.25, -0.2) is 0 Å². The molecule has 16 bridgehead atoms. The average Bonchev–Trinajstić information content (AvgIpc) is 2.78. The van der Waals surface area contributed by atoms with E-state index in [2.05, 4.69) is 83.1 Å². The van der Waals surface area contributed by atoms with Crippen LogP contribution in [0.25, 0.3) is 0 Å². The van der Waals surface area contributed by atoms with Crippen molar-refractivity contribution in [3.63, 3.8) is 0 Å². The third-order valence-corrected chi connectivity index (χ3v) is 19.6. The average molecular weight is 729 g/mol. The smallest absolute Gasteiger partial charge is 0.0310 e. The molecule has 16 aliphatic carbocycles. The van der Waals surface area contributed by atoms with E-state index in [9.17, 15) is 0 Å². The predicted octanol–water partition coefficient (Wildman–Crippen LogP) is 16.6. The lowest BCUT2D eigenvalue weighted by Gasteiger charge is -2.68. The van der Waals surface area contributed by atoms with Crippen molar-refractivity contribution in [2.75, 3.05) is 0 Å². The highest BCUT2D eigenvalue weighted by molar-refractivity contribution is 5.13. The fourth-order valence-corrected chi connectivity index (χ4v) is 24.2. The van der Waals surface area contributed by atoms with Gasteiger partial charge in [0.25, 0.3) is 0 Å². The fourth-order valence-electron chi connectivity index (χ4n) is 24.2. The van der Waals surface area contributed by atoms with E-state index < -0.39 is 0 Å². The molecular weight excluding hydrogens is 637 g/mol. The quantitative estimate of drug-likeness (QED) is 0.233. The molecule has 0 atom stereocenters. The summed E-state index contributed by atoms with van der Waals surface area (Å²) in [6.45, 7) is 30.6. The van der Waals surface area contributed by atoms with Gasteiger partial charge in [-0.1, -0.05) is 90.5 Å². The van der Waals surface area contributed by atoms with Crippen LogP contribution in [-0.2, 0) is 0 Å².